The molecule has 3 saturated heterocycles. The Morgan fingerprint density at radius 3 is 2.76 bits per heavy atom. The van der Waals surface area contributed by atoms with Crippen LogP contribution in [0, 0.1) is 11.8 Å². The summed E-state index contributed by atoms with van der Waals surface area (Å²) in [5.74, 6) is -2.41. The van der Waals surface area contributed by atoms with Gasteiger partial charge in [0.05, 0.1) is 24.5 Å². The predicted molar refractivity (Wildman–Crippen MR) is 125 cm³/mol. The van der Waals surface area contributed by atoms with Gasteiger partial charge in [0.15, 0.2) is 0 Å². The van der Waals surface area contributed by atoms with Gasteiger partial charge in [0, 0.05) is 18.8 Å². The van der Waals surface area contributed by atoms with Gasteiger partial charge in [0.25, 0.3) is 0 Å². The Hall–Kier alpha value is -2.97. The number of fused-ring (bicyclic) bond motifs is 2. The fourth-order valence-electron chi connectivity index (χ4n) is 6.07. The molecule has 0 aromatic heterocycles. The minimum atomic E-state index is -1.04. The molecule has 34 heavy (non-hydrogen) atoms. The average molecular weight is 467 g/mol. The first-order chi connectivity index (χ1) is 16.5. The number of ether oxygens (including phenoxy) is 2. The highest BCUT2D eigenvalue weighted by Gasteiger charge is 2.74. The molecule has 2 bridgehead atoms. The van der Waals surface area contributed by atoms with E-state index in [2.05, 4.69) is 5.32 Å². The molecule has 0 unspecified atom stereocenters. The SMILES string of the molecule is CCOC(=O)[C@@H]1[C@@H]2CC[C@]3(O2)[C@H](C(=O)Nc2ccc4ccccc4c2)N(CCCCO)C(=O)[C@@H]13. The molecule has 3 heterocycles. The molecule has 5 rings (SSSR count). The number of aliphatic hydroxyl groups is 1. The minimum Gasteiger partial charge on any atom is -0.466 e. The maximum Gasteiger partial charge on any atom is 0.312 e. The van der Waals surface area contributed by atoms with E-state index in [1.165, 1.54) is 0 Å². The minimum absolute atomic E-state index is 0.00851. The van der Waals surface area contributed by atoms with Gasteiger partial charge in [-0.15, -0.1) is 0 Å². The highest BCUT2D eigenvalue weighted by molar-refractivity contribution is 6.04. The Morgan fingerprint density at radius 1 is 1.21 bits per heavy atom. The van der Waals surface area contributed by atoms with Crippen molar-refractivity contribution in [3.8, 4) is 0 Å². The summed E-state index contributed by atoms with van der Waals surface area (Å²) in [6.45, 7) is 2.28. The van der Waals surface area contributed by atoms with E-state index >= 15 is 0 Å². The summed E-state index contributed by atoms with van der Waals surface area (Å²) in [7, 11) is 0. The van der Waals surface area contributed by atoms with E-state index in [1.807, 2.05) is 42.5 Å². The van der Waals surface area contributed by atoms with Crippen LogP contribution in [-0.4, -0.2) is 65.3 Å². The second kappa shape index (κ2) is 9.00. The summed E-state index contributed by atoms with van der Waals surface area (Å²) in [6, 6.07) is 12.7. The third-order valence-corrected chi connectivity index (χ3v) is 7.43. The highest BCUT2D eigenvalue weighted by Crippen LogP contribution is 2.58. The number of amides is 2. The third kappa shape index (κ3) is 3.56. The molecule has 0 saturated carbocycles. The van der Waals surface area contributed by atoms with E-state index in [1.54, 1.807) is 11.8 Å². The summed E-state index contributed by atoms with van der Waals surface area (Å²) >= 11 is 0. The molecule has 2 aromatic carbocycles. The normalized spacial score (nSPS) is 29.5. The predicted octanol–water partition coefficient (Wildman–Crippen LogP) is 2.49. The van der Waals surface area contributed by atoms with Gasteiger partial charge in [-0.1, -0.05) is 30.3 Å². The molecule has 8 nitrogen and oxygen atoms in total. The summed E-state index contributed by atoms with van der Waals surface area (Å²) < 4.78 is 11.6. The lowest BCUT2D eigenvalue weighted by atomic mass is 9.71. The van der Waals surface area contributed by atoms with Gasteiger partial charge < -0.3 is 24.8 Å². The number of likely N-dealkylation sites (tertiary alicyclic amines) is 1. The van der Waals surface area contributed by atoms with E-state index in [9.17, 15) is 19.5 Å². The topological polar surface area (TPSA) is 105 Å². The van der Waals surface area contributed by atoms with Gasteiger partial charge in [-0.05, 0) is 55.5 Å². The molecule has 180 valence electrons. The number of hydrogen-bond acceptors (Lipinski definition) is 6. The van der Waals surface area contributed by atoms with Gasteiger partial charge >= 0.3 is 5.97 Å². The Kier molecular flexibility index (Phi) is 6.04. The molecule has 2 aromatic rings. The molecular weight excluding hydrogens is 436 g/mol. The quantitative estimate of drug-likeness (QED) is 0.458. The number of nitrogens with one attached hydrogen (secondary N) is 1. The van der Waals surface area contributed by atoms with Crippen LogP contribution in [0.25, 0.3) is 10.8 Å². The smallest absolute Gasteiger partial charge is 0.312 e. The number of hydrogen-bond donors (Lipinski definition) is 2. The lowest BCUT2D eigenvalue weighted by molar-refractivity contribution is -0.154. The zero-order chi connectivity index (χ0) is 23.9. The Labute approximate surface area is 198 Å². The number of carbonyl (C=O) groups excluding carboxylic acids is 3. The van der Waals surface area contributed by atoms with Crippen LogP contribution in [0.2, 0.25) is 0 Å². The second-order valence-electron chi connectivity index (χ2n) is 9.32. The fraction of sp³-hybridized carbons (Fsp3) is 0.500. The first kappa shape index (κ1) is 22.8. The van der Waals surface area contributed by atoms with Crippen LogP contribution < -0.4 is 5.32 Å². The largest absolute Gasteiger partial charge is 0.466 e. The van der Waals surface area contributed by atoms with E-state index in [0.29, 0.717) is 37.9 Å². The van der Waals surface area contributed by atoms with E-state index in [-0.39, 0.29) is 25.0 Å². The summed E-state index contributed by atoms with van der Waals surface area (Å²) in [6.07, 6.45) is 1.81. The van der Waals surface area contributed by atoms with Gasteiger partial charge in [0.1, 0.15) is 11.6 Å². The Morgan fingerprint density at radius 2 is 2.00 bits per heavy atom. The second-order valence-corrected chi connectivity index (χ2v) is 9.32. The van der Waals surface area contributed by atoms with Crippen molar-refractivity contribution in [2.45, 2.75) is 50.4 Å². The van der Waals surface area contributed by atoms with E-state index < -0.39 is 35.6 Å². The standard InChI is InChI=1S/C26H30N2O6/c1-2-33-25(32)20-19-11-12-26(34-19)21(20)24(31)28(13-5-6-14-29)22(26)23(30)27-18-10-9-16-7-3-4-8-17(16)15-18/h3-4,7-10,15,19-22,29H,2,5-6,11-14H2,1H3,(H,27,30)/t19-,20+,21+,22-,26+/m0/s1. The van der Waals surface area contributed by atoms with Crippen molar-refractivity contribution in [2.24, 2.45) is 11.8 Å². The number of carbonyl (C=O) groups is 3. The number of anilines is 1. The lowest BCUT2D eigenvalue weighted by Gasteiger charge is -2.33. The summed E-state index contributed by atoms with van der Waals surface area (Å²) in [5, 5.41) is 14.3. The van der Waals surface area contributed by atoms with Gasteiger partial charge in [-0.2, -0.15) is 0 Å². The maximum atomic E-state index is 13.7. The van der Waals surface area contributed by atoms with Crippen LogP contribution in [0.4, 0.5) is 5.69 Å². The molecule has 3 aliphatic rings. The molecule has 3 fully saturated rings. The number of nitrogens with zero attached hydrogens (tertiary/aromatic N) is 1. The monoisotopic (exact) mass is 466 g/mol. The van der Waals surface area contributed by atoms with Crippen molar-refractivity contribution < 1.29 is 29.0 Å². The van der Waals surface area contributed by atoms with Gasteiger partial charge in [0.2, 0.25) is 11.8 Å². The molecule has 0 aliphatic carbocycles. The molecule has 3 aliphatic heterocycles. The molecule has 1 spiro atoms. The molecular formula is C26H30N2O6. The fourth-order valence-corrected chi connectivity index (χ4v) is 6.07. The van der Waals surface area contributed by atoms with Crippen LogP contribution >= 0.6 is 0 Å². The van der Waals surface area contributed by atoms with Gasteiger partial charge in [-0.25, -0.2) is 0 Å². The van der Waals surface area contributed by atoms with Crippen LogP contribution in [0.15, 0.2) is 42.5 Å². The Bertz CT molecular complexity index is 1120. The van der Waals surface area contributed by atoms with Crippen molar-refractivity contribution in [1.29, 1.82) is 0 Å². The van der Waals surface area contributed by atoms with Crippen LogP contribution in [-0.2, 0) is 23.9 Å². The lowest BCUT2D eigenvalue weighted by Crippen LogP contribution is -2.53. The van der Waals surface area contributed by atoms with Crippen molar-refractivity contribution in [3.63, 3.8) is 0 Å². The van der Waals surface area contributed by atoms with Gasteiger partial charge in [-0.3, -0.25) is 14.4 Å². The van der Waals surface area contributed by atoms with Crippen LogP contribution in [0.5, 0.6) is 0 Å². The summed E-state index contributed by atoms with van der Waals surface area (Å²) in [4.78, 5) is 41.7. The van der Waals surface area contributed by atoms with E-state index in [0.717, 1.165) is 10.8 Å². The van der Waals surface area contributed by atoms with Crippen LogP contribution in [0.3, 0.4) is 0 Å². The summed E-state index contributed by atoms with van der Waals surface area (Å²) in [5.41, 5.74) is -0.403. The average Bonchev–Trinajstić information content (AvgIpc) is 3.47. The zero-order valence-electron chi connectivity index (χ0n) is 19.2. The first-order valence-electron chi connectivity index (χ1n) is 12.1. The number of esters is 1. The number of rotatable bonds is 8. The van der Waals surface area contributed by atoms with E-state index in [4.69, 9.17) is 9.47 Å². The van der Waals surface area contributed by atoms with Crippen LogP contribution in [0.1, 0.15) is 32.6 Å². The first-order valence-corrected chi connectivity index (χ1v) is 12.1. The molecule has 0 radical (unpaired) electrons. The molecule has 5 atom stereocenters. The zero-order valence-corrected chi connectivity index (χ0v) is 19.2. The van der Waals surface area contributed by atoms with Crippen molar-refractivity contribution in [3.05, 3.63) is 42.5 Å². The Balaban J connectivity index is 1.47. The molecule has 2 N–H and O–H groups in total. The molecule has 2 amide bonds. The number of benzene rings is 2. The highest BCUT2D eigenvalue weighted by atomic mass is 16.6. The molecule has 8 heteroatoms. The van der Waals surface area contributed by atoms with Crippen molar-refractivity contribution in [1.82, 2.24) is 4.90 Å². The maximum absolute atomic E-state index is 13.7. The number of unbranched alkanes of at least 4 members (excludes halogenated alkanes) is 1. The van der Waals surface area contributed by atoms with Crippen molar-refractivity contribution >= 4 is 34.2 Å². The third-order valence-electron chi connectivity index (χ3n) is 7.43. The van der Waals surface area contributed by atoms with Crippen molar-refractivity contribution in [2.75, 3.05) is 25.1 Å². The number of aliphatic hydroxyl groups excluding tert-OH is 1.